The first-order valence-electron chi connectivity index (χ1n) is 5.44. The third-order valence-electron chi connectivity index (χ3n) is 2.97. The molecule has 82 valence electrons. The van der Waals surface area contributed by atoms with Gasteiger partial charge in [0.25, 0.3) is 5.91 Å². The van der Waals surface area contributed by atoms with Gasteiger partial charge in [0.1, 0.15) is 5.69 Å². The molecule has 2 atom stereocenters. The third kappa shape index (κ3) is 2.37. The van der Waals surface area contributed by atoms with E-state index in [2.05, 4.69) is 17.2 Å². The first-order chi connectivity index (χ1) is 7.15. The van der Waals surface area contributed by atoms with Crippen LogP contribution in [0.5, 0.6) is 0 Å². The number of rotatable bonds is 2. The Kier molecular flexibility index (Phi) is 2.75. The normalized spacial score (nSPS) is 25.5. The molecule has 0 radical (unpaired) electrons. The van der Waals surface area contributed by atoms with Crippen LogP contribution in [0.4, 0.5) is 0 Å². The summed E-state index contributed by atoms with van der Waals surface area (Å²) in [7, 11) is 1.86. The second-order valence-corrected chi connectivity index (χ2v) is 4.51. The number of hydrogen-bond acceptors (Lipinski definition) is 2. The summed E-state index contributed by atoms with van der Waals surface area (Å²) < 4.78 is 1.78. The zero-order valence-electron chi connectivity index (χ0n) is 9.23. The van der Waals surface area contributed by atoms with Gasteiger partial charge < -0.3 is 9.88 Å². The summed E-state index contributed by atoms with van der Waals surface area (Å²) in [6.07, 6.45) is 6.80. The van der Waals surface area contributed by atoms with Crippen molar-refractivity contribution in [3.05, 3.63) is 18.2 Å². The Morgan fingerprint density at radius 1 is 1.60 bits per heavy atom. The second-order valence-electron chi connectivity index (χ2n) is 4.51. The molecule has 1 heterocycles. The molecule has 2 rings (SSSR count). The Morgan fingerprint density at radius 3 is 2.93 bits per heavy atom. The minimum Gasteiger partial charge on any atom is -0.348 e. The molecule has 0 aromatic carbocycles. The van der Waals surface area contributed by atoms with E-state index in [-0.39, 0.29) is 5.91 Å². The van der Waals surface area contributed by atoms with Crippen LogP contribution in [-0.4, -0.2) is 21.5 Å². The molecule has 1 N–H and O–H groups in total. The molecule has 0 bridgehead atoms. The van der Waals surface area contributed by atoms with Gasteiger partial charge in [0, 0.05) is 19.3 Å². The van der Waals surface area contributed by atoms with E-state index in [9.17, 15) is 4.79 Å². The second kappa shape index (κ2) is 4.04. The van der Waals surface area contributed by atoms with Crippen LogP contribution in [0.15, 0.2) is 12.5 Å². The smallest absolute Gasteiger partial charge is 0.271 e. The molecule has 1 saturated carbocycles. The summed E-state index contributed by atoms with van der Waals surface area (Å²) in [5.41, 5.74) is 0.511. The van der Waals surface area contributed by atoms with Gasteiger partial charge in [-0.2, -0.15) is 0 Å². The number of aryl methyl sites for hydroxylation is 1. The molecule has 1 aromatic heterocycles. The van der Waals surface area contributed by atoms with Crippen molar-refractivity contribution in [2.45, 2.75) is 32.2 Å². The van der Waals surface area contributed by atoms with Gasteiger partial charge in [0.2, 0.25) is 0 Å². The number of nitrogens with zero attached hydrogens (tertiary/aromatic N) is 2. The monoisotopic (exact) mass is 207 g/mol. The maximum Gasteiger partial charge on any atom is 0.271 e. The number of amides is 1. The van der Waals surface area contributed by atoms with Crippen LogP contribution in [0.25, 0.3) is 0 Å². The van der Waals surface area contributed by atoms with Crippen LogP contribution >= 0.6 is 0 Å². The molecule has 2 unspecified atom stereocenters. The van der Waals surface area contributed by atoms with E-state index in [1.165, 1.54) is 6.42 Å². The fourth-order valence-electron chi connectivity index (χ4n) is 2.13. The Bertz CT molecular complexity index is 358. The quantitative estimate of drug-likeness (QED) is 0.795. The largest absolute Gasteiger partial charge is 0.348 e. The molecular weight excluding hydrogens is 190 g/mol. The molecule has 1 aliphatic rings. The summed E-state index contributed by atoms with van der Waals surface area (Å²) in [4.78, 5) is 15.8. The van der Waals surface area contributed by atoms with Gasteiger partial charge in [-0.15, -0.1) is 0 Å². The SMILES string of the molecule is CC1CCC(NC(=O)c2cn(C)cn2)C1. The average Bonchev–Trinajstić information content (AvgIpc) is 2.75. The molecule has 0 saturated heterocycles. The van der Waals surface area contributed by atoms with E-state index in [1.54, 1.807) is 17.1 Å². The van der Waals surface area contributed by atoms with Crippen molar-refractivity contribution in [3.8, 4) is 0 Å². The minimum absolute atomic E-state index is 0.0466. The molecule has 1 aliphatic carbocycles. The van der Waals surface area contributed by atoms with Crippen LogP contribution in [0.3, 0.4) is 0 Å². The molecule has 1 amide bonds. The predicted octanol–water partition coefficient (Wildman–Crippen LogP) is 1.34. The van der Waals surface area contributed by atoms with Crippen LogP contribution in [-0.2, 0) is 7.05 Å². The van der Waals surface area contributed by atoms with Gasteiger partial charge in [-0.1, -0.05) is 6.92 Å². The van der Waals surface area contributed by atoms with E-state index in [0.29, 0.717) is 11.7 Å². The maximum absolute atomic E-state index is 11.7. The van der Waals surface area contributed by atoms with Gasteiger partial charge in [-0.3, -0.25) is 4.79 Å². The highest BCUT2D eigenvalue weighted by Gasteiger charge is 2.23. The number of nitrogens with one attached hydrogen (secondary N) is 1. The van der Waals surface area contributed by atoms with Crippen LogP contribution in [0.1, 0.15) is 36.7 Å². The number of hydrogen-bond donors (Lipinski definition) is 1. The van der Waals surface area contributed by atoms with Gasteiger partial charge in [0.05, 0.1) is 6.33 Å². The van der Waals surface area contributed by atoms with E-state index in [1.807, 2.05) is 7.05 Å². The standard InChI is InChI=1S/C11H17N3O/c1-8-3-4-9(5-8)13-11(15)10-6-14(2)7-12-10/h6-9H,3-5H2,1-2H3,(H,13,15). The van der Waals surface area contributed by atoms with Crippen molar-refractivity contribution in [2.75, 3.05) is 0 Å². The summed E-state index contributed by atoms with van der Waals surface area (Å²) >= 11 is 0. The van der Waals surface area contributed by atoms with Gasteiger partial charge in [0.15, 0.2) is 0 Å². The summed E-state index contributed by atoms with van der Waals surface area (Å²) in [5.74, 6) is 0.689. The van der Waals surface area contributed by atoms with Crippen molar-refractivity contribution in [1.29, 1.82) is 0 Å². The van der Waals surface area contributed by atoms with E-state index < -0.39 is 0 Å². The molecule has 4 heteroatoms. The van der Waals surface area contributed by atoms with Crippen molar-refractivity contribution >= 4 is 5.91 Å². The predicted molar refractivity (Wildman–Crippen MR) is 57.5 cm³/mol. The highest BCUT2D eigenvalue weighted by Crippen LogP contribution is 2.24. The molecule has 1 aromatic rings. The maximum atomic E-state index is 11.7. The summed E-state index contributed by atoms with van der Waals surface area (Å²) in [6, 6.07) is 0.342. The highest BCUT2D eigenvalue weighted by atomic mass is 16.2. The van der Waals surface area contributed by atoms with E-state index in [0.717, 1.165) is 18.8 Å². The fourth-order valence-corrected chi connectivity index (χ4v) is 2.13. The Hall–Kier alpha value is -1.32. The van der Waals surface area contributed by atoms with Crippen molar-refractivity contribution in [3.63, 3.8) is 0 Å². The average molecular weight is 207 g/mol. The molecular formula is C11H17N3O. The lowest BCUT2D eigenvalue weighted by molar-refractivity contribution is 0.0932. The number of carbonyl (C=O) groups is 1. The van der Waals surface area contributed by atoms with Crippen molar-refractivity contribution < 1.29 is 4.79 Å². The first kappa shape index (κ1) is 10.2. The Balaban J connectivity index is 1.92. The Labute approximate surface area is 89.7 Å². The van der Waals surface area contributed by atoms with E-state index >= 15 is 0 Å². The first-order valence-corrected chi connectivity index (χ1v) is 5.44. The summed E-state index contributed by atoms with van der Waals surface area (Å²) in [5, 5.41) is 3.02. The lowest BCUT2D eigenvalue weighted by Crippen LogP contribution is -2.33. The number of imidazole rings is 1. The molecule has 0 aliphatic heterocycles. The highest BCUT2D eigenvalue weighted by molar-refractivity contribution is 5.92. The topological polar surface area (TPSA) is 46.9 Å². The number of aromatic nitrogens is 2. The van der Waals surface area contributed by atoms with Crippen molar-refractivity contribution in [1.82, 2.24) is 14.9 Å². The van der Waals surface area contributed by atoms with Gasteiger partial charge in [-0.05, 0) is 25.2 Å². The zero-order valence-corrected chi connectivity index (χ0v) is 9.23. The molecule has 1 fully saturated rings. The minimum atomic E-state index is -0.0466. The van der Waals surface area contributed by atoms with Crippen LogP contribution in [0, 0.1) is 5.92 Å². The molecule has 0 spiro atoms. The van der Waals surface area contributed by atoms with Gasteiger partial charge >= 0.3 is 0 Å². The Morgan fingerprint density at radius 2 is 2.40 bits per heavy atom. The zero-order chi connectivity index (χ0) is 10.8. The van der Waals surface area contributed by atoms with Crippen molar-refractivity contribution in [2.24, 2.45) is 13.0 Å². The van der Waals surface area contributed by atoms with Crippen LogP contribution in [0.2, 0.25) is 0 Å². The van der Waals surface area contributed by atoms with E-state index in [4.69, 9.17) is 0 Å². The number of carbonyl (C=O) groups excluding carboxylic acids is 1. The molecule has 4 nitrogen and oxygen atoms in total. The lowest BCUT2D eigenvalue weighted by Gasteiger charge is -2.10. The molecule has 15 heavy (non-hydrogen) atoms. The summed E-state index contributed by atoms with van der Waals surface area (Å²) in [6.45, 7) is 2.23. The third-order valence-corrected chi connectivity index (χ3v) is 2.97. The van der Waals surface area contributed by atoms with Gasteiger partial charge in [-0.25, -0.2) is 4.98 Å². The fraction of sp³-hybridized carbons (Fsp3) is 0.636. The van der Waals surface area contributed by atoms with Crippen LogP contribution < -0.4 is 5.32 Å². The lowest BCUT2D eigenvalue weighted by atomic mass is 10.1.